The molecule has 1 saturated heterocycles. The van der Waals surface area contributed by atoms with Gasteiger partial charge in [-0.3, -0.25) is 18.9 Å². The van der Waals surface area contributed by atoms with E-state index in [1.54, 1.807) is 12.3 Å². The number of nitrogens with zero attached hydrogens (tertiary/aromatic N) is 4. The first-order valence-electron chi connectivity index (χ1n) is 11.4. The molecule has 11 heteroatoms. The summed E-state index contributed by atoms with van der Waals surface area (Å²) in [5.41, 5.74) is 4.48. The second-order valence-corrected chi connectivity index (χ2v) is 10.4. The lowest BCUT2D eigenvalue weighted by atomic mass is 9.97. The molecule has 0 spiro atoms. The van der Waals surface area contributed by atoms with Crippen LogP contribution < -0.4 is 10.9 Å². The minimum atomic E-state index is -4.30. The molecule has 1 fully saturated rings. The van der Waals surface area contributed by atoms with E-state index in [2.05, 4.69) is 20.3 Å². The topological polar surface area (TPSA) is 136 Å². The van der Waals surface area contributed by atoms with Gasteiger partial charge in [0.1, 0.15) is 5.65 Å². The maximum Gasteiger partial charge on any atom is 0.266 e. The van der Waals surface area contributed by atoms with E-state index in [4.69, 9.17) is 4.74 Å². The van der Waals surface area contributed by atoms with Crippen molar-refractivity contribution in [2.75, 3.05) is 24.3 Å². The van der Waals surface area contributed by atoms with Crippen LogP contribution in [0.2, 0.25) is 0 Å². The molecule has 1 aliphatic rings. The van der Waals surface area contributed by atoms with Crippen LogP contribution in [0.25, 0.3) is 33.4 Å². The highest BCUT2D eigenvalue weighted by Crippen LogP contribution is 2.28. The molecule has 0 bridgehead atoms. The van der Waals surface area contributed by atoms with Gasteiger partial charge in [0, 0.05) is 34.9 Å². The van der Waals surface area contributed by atoms with Crippen LogP contribution >= 0.6 is 0 Å². The van der Waals surface area contributed by atoms with E-state index in [0.717, 1.165) is 22.5 Å². The van der Waals surface area contributed by atoms with Gasteiger partial charge in [0.25, 0.3) is 15.7 Å². The quantitative estimate of drug-likeness (QED) is 0.362. The molecule has 186 valence electrons. The van der Waals surface area contributed by atoms with Crippen LogP contribution in [0.5, 0.6) is 0 Å². The van der Waals surface area contributed by atoms with E-state index in [1.807, 2.05) is 50.2 Å². The zero-order valence-corrected chi connectivity index (χ0v) is 20.6. The van der Waals surface area contributed by atoms with Crippen molar-refractivity contribution in [1.29, 1.82) is 0 Å². The summed E-state index contributed by atoms with van der Waals surface area (Å²) >= 11 is 0. The fourth-order valence-electron chi connectivity index (χ4n) is 4.17. The third-order valence-corrected chi connectivity index (χ3v) is 6.77. The maximum absolute atomic E-state index is 13.6. The van der Waals surface area contributed by atoms with Crippen molar-refractivity contribution in [3.05, 3.63) is 70.3 Å². The van der Waals surface area contributed by atoms with Gasteiger partial charge in [0.15, 0.2) is 0 Å². The molecular formula is C25H25N5O5S. The molecule has 4 aromatic rings. The number of hydrogen-bond acceptors (Lipinski definition) is 8. The fourth-order valence-corrected chi connectivity index (χ4v) is 4.58. The smallest absolute Gasteiger partial charge is 0.266 e. The van der Waals surface area contributed by atoms with Crippen molar-refractivity contribution in [2.45, 2.75) is 26.4 Å². The molecule has 0 atom stereocenters. The Hall–Kier alpha value is -3.67. The Bertz CT molecular complexity index is 1630. The van der Waals surface area contributed by atoms with E-state index < -0.39 is 21.4 Å². The third kappa shape index (κ3) is 4.99. The van der Waals surface area contributed by atoms with Crippen molar-refractivity contribution < 1.29 is 17.7 Å². The number of aromatic nitrogens is 4. The maximum atomic E-state index is 13.6. The summed E-state index contributed by atoms with van der Waals surface area (Å²) in [6, 6.07) is 13.3. The molecule has 0 saturated carbocycles. The normalized spacial score (nSPS) is 14.1. The number of pyridine rings is 2. The van der Waals surface area contributed by atoms with Crippen molar-refractivity contribution >= 4 is 27.1 Å². The van der Waals surface area contributed by atoms with Gasteiger partial charge in [-0.25, -0.2) is 4.98 Å². The van der Waals surface area contributed by atoms with Gasteiger partial charge in [-0.1, -0.05) is 18.2 Å². The molecule has 5 rings (SSSR count). The average Bonchev–Trinajstić information content (AvgIpc) is 2.80. The molecule has 0 amide bonds. The number of hydrogen-bond donors (Lipinski definition) is 2. The molecule has 0 unspecified atom stereocenters. The zero-order chi connectivity index (χ0) is 25.4. The monoisotopic (exact) mass is 507 g/mol. The van der Waals surface area contributed by atoms with E-state index in [-0.39, 0.29) is 18.2 Å². The van der Waals surface area contributed by atoms with Crippen LogP contribution in [0.3, 0.4) is 0 Å². The molecule has 4 heterocycles. The van der Waals surface area contributed by atoms with Gasteiger partial charge in [-0.15, -0.1) is 0 Å². The van der Waals surface area contributed by atoms with E-state index in [0.29, 0.717) is 35.7 Å². The third-order valence-electron chi connectivity index (χ3n) is 6.07. The number of rotatable bonds is 7. The average molecular weight is 508 g/mol. The summed E-state index contributed by atoms with van der Waals surface area (Å²) in [5, 5.41) is 3.70. The Balaban J connectivity index is 1.61. The molecule has 36 heavy (non-hydrogen) atoms. The summed E-state index contributed by atoms with van der Waals surface area (Å²) in [7, 11) is -4.30. The molecule has 10 nitrogen and oxygen atoms in total. The Morgan fingerprint density at radius 3 is 2.58 bits per heavy atom. The number of aryl methyl sites for hydroxylation is 3. The van der Waals surface area contributed by atoms with Crippen LogP contribution in [0, 0.1) is 13.8 Å². The molecule has 1 aliphatic heterocycles. The lowest BCUT2D eigenvalue weighted by Gasteiger charge is -2.26. The van der Waals surface area contributed by atoms with Gasteiger partial charge in [-0.2, -0.15) is 13.4 Å². The van der Waals surface area contributed by atoms with E-state index >= 15 is 0 Å². The SMILES string of the molecule is Cc1cccc(-c2ccc(-c3cc4cnc(NC5COC5)nc4n(CCS(=O)(=O)O)c3=O)c(C)c2)n1. The first-order chi connectivity index (χ1) is 17.2. The van der Waals surface area contributed by atoms with Crippen LogP contribution in [0.1, 0.15) is 11.3 Å². The van der Waals surface area contributed by atoms with Crippen molar-refractivity contribution in [2.24, 2.45) is 0 Å². The predicted octanol–water partition coefficient (Wildman–Crippen LogP) is 2.84. The number of benzene rings is 1. The van der Waals surface area contributed by atoms with Gasteiger partial charge in [0.2, 0.25) is 5.95 Å². The van der Waals surface area contributed by atoms with Crippen molar-refractivity contribution in [3.63, 3.8) is 0 Å². The van der Waals surface area contributed by atoms with Crippen LogP contribution in [-0.2, 0) is 21.4 Å². The van der Waals surface area contributed by atoms with Crippen LogP contribution in [-0.4, -0.2) is 57.5 Å². The van der Waals surface area contributed by atoms with E-state index in [1.165, 1.54) is 4.57 Å². The Morgan fingerprint density at radius 1 is 1.11 bits per heavy atom. The predicted molar refractivity (Wildman–Crippen MR) is 137 cm³/mol. The molecular weight excluding hydrogens is 482 g/mol. The van der Waals surface area contributed by atoms with Gasteiger partial charge in [0.05, 0.1) is 30.7 Å². The lowest BCUT2D eigenvalue weighted by molar-refractivity contribution is 0.0208. The summed E-state index contributed by atoms with van der Waals surface area (Å²) in [4.78, 5) is 27.0. The summed E-state index contributed by atoms with van der Waals surface area (Å²) in [5.74, 6) is -0.305. The van der Waals surface area contributed by atoms with Crippen molar-refractivity contribution in [3.8, 4) is 22.4 Å². The van der Waals surface area contributed by atoms with Gasteiger partial charge in [-0.05, 0) is 49.2 Å². The molecule has 0 radical (unpaired) electrons. The molecule has 0 aliphatic carbocycles. The molecule has 2 N–H and O–H groups in total. The van der Waals surface area contributed by atoms with Gasteiger partial charge >= 0.3 is 0 Å². The minimum Gasteiger partial charge on any atom is -0.377 e. The minimum absolute atomic E-state index is 0.0729. The summed E-state index contributed by atoms with van der Waals surface area (Å²) in [6.07, 6.45) is 1.59. The number of nitrogens with one attached hydrogen (secondary N) is 1. The van der Waals surface area contributed by atoms with Crippen molar-refractivity contribution in [1.82, 2.24) is 19.5 Å². The first kappa shape index (κ1) is 24.0. The standard InChI is InChI=1S/C25H25N5O5S/c1-15-10-17(22-5-3-4-16(2)27-22)6-7-20(15)21-11-18-12-26-25(28-19-13-35-14-19)29-23(18)30(24(21)31)8-9-36(32,33)34/h3-7,10-12,19H,8-9,13-14H2,1-2H3,(H,26,28,29)(H,32,33,34). The Kier molecular flexibility index (Phi) is 6.29. The largest absolute Gasteiger partial charge is 0.377 e. The highest BCUT2D eigenvalue weighted by atomic mass is 32.2. The second-order valence-electron chi connectivity index (χ2n) is 8.85. The van der Waals surface area contributed by atoms with Crippen LogP contribution in [0.4, 0.5) is 5.95 Å². The Morgan fingerprint density at radius 2 is 1.92 bits per heavy atom. The Labute approximate surface area is 207 Å². The highest BCUT2D eigenvalue weighted by Gasteiger charge is 2.21. The zero-order valence-electron chi connectivity index (χ0n) is 19.8. The first-order valence-corrected chi connectivity index (χ1v) is 13.0. The summed E-state index contributed by atoms with van der Waals surface area (Å²) < 4.78 is 38.8. The van der Waals surface area contributed by atoms with E-state index in [9.17, 15) is 17.8 Å². The van der Waals surface area contributed by atoms with Gasteiger partial charge < -0.3 is 10.1 Å². The number of fused-ring (bicyclic) bond motifs is 1. The second kappa shape index (κ2) is 9.41. The molecule has 1 aromatic carbocycles. The number of anilines is 1. The van der Waals surface area contributed by atoms with Crippen LogP contribution in [0.15, 0.2) is 53.5 Å². The fraction of sp³-hybridized carbons (Fsp3) is 0.280. The molecule has 3 aromatic heterocycles. The summed E-state index contributed by atoms with van der Waals surface area (Å²) in [6.45, 7) is 4.64. The number of ether oxygens (including phenoxy) is 1. The highest BCUT2D eigenvalue weighted by molar-refractivity contribution is 7.85. The lowest BCUT2D eigenvalue weighted by Crippen LogP contribution is -2.40.